The SMILES string of the molecule is CCCN(CCC)CCC(P(=O)(O)O)P(=O)(O)O. The van der Waals surface area contributed by atoms with Gasteiger partial charge in [-0.2, -0.15) is 0 Å². The summed E-state index contributed by atoms with van der Waals surface area (Å²) in [7, 11) is -9.56. The van der Waals surface area contributed by atoms with Gasteiger partial charge in [-0.15, -0.1) is 0 Å². The molecule has 9 heteroatoms. The van der Waals surface area contributed by atoms with E-state index in [1.807, 2.05) is 18.7 Å². The third-order valence-electron chi connectivity index (χ3n) is 2.56. The maximum atomic E-state index is 11.1. The highest BCUT2D eigenvalue weighted by Gasteiger charge is 2.42. The van der Waals surface area contributed by atoms with E-state index in [0.29, 0.717) is 0 Å². The molecule has 0 rings (SSSR count). The zero-order chi connectivity index (χ0) is 14.4. The molecule has 0 aromatic rings. The van der Waals surface area contributed by atoms with Crippen LogP contribution in [0.4, 0.5) is 0 Å². The number of hydrogen-bond acceptors (Lipinski definition) is 3. The van der Waals surface area contributed by atoms with Crippen LogP contribution in [0.1, 0.15) is 33.1 Å². The van der Waals surface area contributed by atoms with Crippen LogP contribution in [0.5, 0.6) is 0 Å². The van der Waals surface area contributed by atoms with Gasteiger partial charge in [0, 0.05) is 0 Å². The Balaban J connectivity index is 4.61. The van der Waals surface area contributed by atoms with Gasteiger partial charge in [-0.05, 0) is 38.9 Å². The van der Waals surface area contributed by atoms with E-state index in [4.69, 9.17) is 19.6 Å². The van der Waals surface area contributed by atoms with E-state index < -0.39 is 20.6 Å². The predicted molar refractivity (Wildman–Crippen MR) is 69.5 cm³/mol. The second-order valence-electron chi connectivity index (χ2n) is 4.29. The van der Waals surface area contributed by atoms with Crippen molar-refractivity contribution in [3.8, 4) is 0 Å². The van der Waals surface area contributed by atoms with Gasteiger partial charge in [0.1, 0.15) is 0 Å². The molecule has 0 aliphatic rings. The molecule has 0 radical (unpaired) electrons. The third kappa shape index (κ3) is 7.00. The summed E-state index contributed by atoms with van der Waals surface area (Å²) in [5.41, 5.74) is 0. The van der Waals surface area contributed by atoms with Crippen molar-refractivity contribution in [3.63, 3.8) is 0 Å². The van der Waals surface area contributed by atoms with Crippen molar-refractivity contribution in [1.82, 2.24) is 4.90 Å². The van der Waals surface area contributed by atoms with Gasteiger partial charge in [-0.3, -0.25) is 9.13 Å². The maximum absolute atomic E-state index is 11.1. The van der Waals surface area contributed by atoms with E-state index in [0.717, 1.165) is 25.9 Å². The van der Waals surface area contributed by atoms with E-state index in [-0.39, 0.29) is 13.0 Å². The molecule has 18 heavy (non-hydrogen) atoms. The van der Waals surface area contributed by atoms with Crippen molar-refractivity contribution in [2.45, 2.75) is 38.5 Å². The fraction of sp³-hybridized carbons (Fsp3) is 1.00. The van der Waals surface area contributed by atoms with E-state index >= 15 is 0 Å². The van der Waals surface area contributed by atoms with Crippen LogP contribution in [0.25, 0.3) is 0 Å². The Kier molecular flexibility index (Phi) is 7.87. The Hall–Kier alpha value is 0.260. The lowest BCUT2D eigenvalue weighted by molar-refractivity contribution is 0.263. The average molecular weight is 303 g/mol. The van der Waals surface area contributed by atoms with Gasteiger partial charge in [-0.1, -0.05) is 13.8 Å². The van der Waals surface area contributed by atoms with Crippen LogP contribution >= 0.6 is 15.2 Å². The lowest BCUT2D eigenvalue weighted by Crippen LogP contribution is -2.29. The standard InChI is InChI=1S/C9H23NO6P2/c1-3-6-10(7-4-2)8-5-9(17(11,12)13)18(14,15)16/h9H,3-8H2,1-2H3,(H2,11,12,13)(H2,14,15,16). The fourth-order valence-corrected chi connectivity index (χ4v) is 4.27. The van der Waals surface area contributed by atoms with Gasteiger partial charge in [0.05, 0.1) is 0 Å². The minimum absolute atomic E-state index is 0.200. The van der Waals surface area contributed by atoms with E-state index in [2.05, 4.69) is 0 Å². The Morgan fingerprint density at radius 1 is 0.889 bits per heavy atom. The minimum Gasteiger partial charge on any atom is -0.324 e. The number of rotatable bonds is 9. The quantitative estimate of drug-likeness (QED) is 0.472. The van der Waals surface area contributed by atoms with Crippen molar-refractivity contribution < 1.29 is 28.7 Å². The van der Waals surface area contributed by atoms with Crippen molar-refractivity contribution in [1.29, 1.82) is 0 Å². The highest BCUT2D eigenvalue weighted by molar-refractivity contribution is 7.70. The molecule has 0 aliphatic carbocycles. The van der Waals surface area contributed by atoms with Gasteiger partial charge < -0.3 is 24.5 Å². The van der Waals surface area contributed by atoms with Gasteiger partial charge >= 0.3 is 15.2 Å². The van der Waals surface area contributed by atoms with Gasteiger partial charge in [-0.25, -0.2) is 0 Å². The molecule has 0 atom stereocenters. The molecule has 0 spiro atoms. The molecule has 0 unspecified atom stereocenters. The molecule has 4 N–H and O–H groups in total. The zero-order valence-electron chi connectivity index (χ0n) is 10.8. The van der Waals surface area contributed by atoms with Crippen LogP contribution in [-0.4, -0.2) is 49.5 Å². The topological polar surface area (TPSA) is 118 Å². The molecule has 0 heterocycles. The summed E-state index contributed by atoms with van der Waals surface area (Å²) >= 11 is 0. The Bertz CT molecular complexity index is 297. The molecule has 0 aromatic heterocycles. The normalized spacial score (nSPS) is 13.6. The molecule has 0 aliphatic heterocycles. The third-order valence-corrected chi connectivity index (χ3v) is 6.43. The molecular formula is C9H23NO6P2. The van der Waals surface area contributed by atoms with Crippen LogP contribution in [0, 0.1) is 0 Å². The molecular weight excluding hydrogens is 280 g/mol. The summed E-state index contributed by atoms with van der Waals surface area (Å²) < 4.78 is 22.2. The van der Waals surface area contributed by atoms with Gasteiger partial charge in [0.15, 0.2) is 5.40 Å². The molecule has 7 nitrogen and oxygen atoms in total. The van der Waals surface area contributed by atoms with E-state index in [1.54, 1.807) is 0 Å². The van der Waals surface area contributed by atoms with Crippen LogP contribution in [0.15, 0.2) is 0 Å². The van der Waals surface area contributed by atoms with Crippen molar-refractivity contribution in [2.75, 3.05) is 19.6 Å². The summed E-state index contributed by atoms with van der Waals surface area (Å²) in [5, 5.41) is -1.89. The Labute approximate surface area is 108 Å². The maximum Gasteiger partial charge on any atom is 0.340 e. The molecule has 0 bridgehead atoms. The van der Waals surface area contributed by atoms with Crippen LogP contribution in [-0.2, 0) is 9.13 Å². The predicted octanol–water partition coefficient (Wildman–Crippen LogP) is 1.18. The van der Waals surface area contributed by atoms with E-state index in [1.165, 1.54) is 0 Å². The molecule has 0 fully saturated rings. The van der Waals surface area contributed by atoms with Crippen LogP contribution in [0.2, 0.25) is 0 Å². The van der Waals surface area contributed by atoms with Crippen molar-refractivity contribution in [3.05, 3.63) is 0 Å². The lowest BCUT2D eigenvalue weighted by atomic mass is 10.3. The monoisotopic (exact) mass is 303 g/mol. The summed E-state index contributed by atoms with van der Waals surface area (Å²) in [6, 6.07) is 0. The molecule has 0 aromatic carbocycles. The first-order valence-corrected chi connectivity index (χ1v) is 9.32. The van der Waals surface area contributed by atoms with Gasteiger partial charge in [0.25, 0.3) is 0 Å². The molecule has 110 valence electrons. The van der Waals surface area contributed by atoms with Crippen LogP contribution in [0.3, 0.4) is 0 Å². The summed E-state index contributed by atoms with van der Waals surface area (Å²) in [6.45, 7) is 5.74. The Morgan fingerprint density at radius 2 is 1.28 bits per heavy atom. The van der Waals surface area contributed by atoms with Gasteiger partial charge in [0.2, 0.25) is 0 Å². The smallest absolute Gasteiger partial charge is 0.324 e. The fourth-order valence-electron chi connectivity index (χ4n) is 1.80. The van der Waals surface area contributed by atoms with Crippen molar-refractivity contribution in [2.24, 2.45) is 0 Å². The highest BCUT2D eigenvalue weighted by Crippen LogP contribution is 2.61. The zero-order valence-corrected chi connectivity index (χ0v) is 12.6. The minimum atomic E-state index is -4.78. The van der Waals surface area contributed by atoms with Crippen molar-refractivity contribution >= 4 is 15.2 Å². The van der Waals surface area contributed by atoms with Crippen LogP contribution < -0.4 is 0 Å². The first kappa shape index (κ1) is 18.3. The number of nitrogens with zero attached hydrogens (tertiary/aromatic N) is 1. The van der Waals surface area contributed by atoms with E-state index in [9.17, 15) is 9.13 Å². The second kappa shape index (κ2) is 7.75. The largest absolute Gasteiger partial charge is 0.340 e. The highest BCUT2D eigenvalue weighted by atomic mass is 31.2. The summed E-state index contributed by atoms with van der Waals surface area (Å²) in [5.74, 6) is 0. The first-order valence-electron chi connectivity index (χ1n) is 5.95. The molecule has 0 saturated carbocycles. The Morgan fingerprint density at radius 3 is 1.56 bits per heavy atom. The molecule has 0 saturated heterocycles. The summed E-state index contributed by atoms with van der Waals surface area (Å²) in [4.78, 5) is 37.9. The summed E-state index contributed by atoms with van der Waals surface area (Å²) in [6.07, 6.45) is 1.57. The lowest BCUT2D eigenvalue weighted by Gasteiger charge is -2.25. The number of hydrogen-bond donors (Lipinski definition) is 4. The first-order chi connectivity index (χ1) is 8.12. The average Bonchev–Trinajstić information content (AvgIpc) is 2.14. The second-order valence-corrected chi connectivity index (χ2v) is 8.30. The molecule has 0 amide bonds.